The Balaban J connectivity index is 1.76. The third-order valence-corrected chi connectivity index (χ3v) is 5.67. The molecule has 0 spiro atoms. The second kappa shape index (κ2) is 10.1. The topological polar surface area (TPSA) is 82.8 Å². The van der Waals surface area contributed by atoms with Crippen molar-refractivity contribution < 1.29 is 24.1 Å². The van der Waals surface area contributed by atoms with E-state index < -0.39 is 11.9 Å². The Hall–Kier alpha value is -4.26. The van der Waals surface area contributed by atoms with Crippen molar-refractivity contribution in [2.75, 3.05) is 21.3 Å². The Kier molecular flexibility index (Phi) is 6.82. The van der Waals surface area contributed by atoms with Gasteiger partial charge in [-0.2, -0.15) is 5.10 Å². The highest BCUT2D eigenvalue weighted by molar-refractivity contribution is 5.77. The SMILES string of the molecule is COc1ccc(-c2cc(CC(C(=O)O)c3cccc(OC)c3)nn2-c2ccc(OC)cc2)cc1. The summed E-state index contributed by atoms with van der Waals surface area (Å²) in [5, 5.41) is 14.8. The Bertz CT molecular complexity index is 1200. The van der Waals surface area contributed by atoms with Gasteiger partial charge in [-0.1, -0.05) is 12.1 Å². The van der Waals surface area contributed by atoms with E-state index in [1.165, 1.54) is 0 Å². The molecule has 7 nitrogen and oxygen atoms in total. The van der Waals surface area contributed by atoms with Crippen molar-refractivity contribution in [1.29, 1.82) is 0 Å². The second-order valence-corrected chi connectivity index (χ2v) is 7.73. The molecule has 1 unspecified atom stereocenters. The quantitative estimate of drug-likeness (QED) is 0.381. The summed E-state index contributed by atoms with van der Waals surface area (Å²) in [6, 6.07) is 24.3. The number of benzene rings is 3. The molecule has 1 N–H and O–H groups in total. The smallest absolute Gasteiger partial charge is 0.311 e. The predicted molar refractivity (Wildman–Crippen MR) is 129 cm³/mol. The lowest BCUT2D eigenvalue weighted by Crippen LogP contribution is -2.15. The lowest BCUT2D eigenvalue weighted by Gasteiger charge is -2.12. The molecule has 0 amide bonds. The molecule has 1 heterocycles. The van der Waals surface area contributed by atoms with Gasteiger partial charge in [0.05, 0.1) is 44.3 Å². The molecule has 0 fully saturated rings. The van der Waals surface area contributed by atoms with Crippen LogP contribution < -0.4 is 14.2 Å². The van der Waals surface area contributed by atoms with Crippen LogP contribution in [0.1, 0.15) is 17.2 Å². The first-order chi connectivity index (χ1) is 16.5. The van der Waals surface area contributed by atoms with Crippen LogP contribution in [-0.4, -0.2) is 42.2 Å². The van der Waals surface area contributed by atoms with Crippen LogP contribution in [0.15, 0.2) is 78.9 Å². The summed E-state index contributed by atoms with van der Waals surface area (Å²) in [5.41, 5.74) is 3.95. The Morgan fingerprint density at radius 1 is 0.853 bits per heavy atom. The first kappa shape index (κ1) is 22.9. The van der Waals surface area contributed by atoms with Gasteiger partial charge in [-0.15, -0.1) is 0 Å². The van der Waals surface area contributed by atoms with Gasteiger partial charge in [0, 0.05) is 12.0 Å². The lowest BCUT2D eigenvalue weighted by atomic mass is 9.94. The standard InChI is InChI=1S/C27H26N2O5/c1-32-22-11-7-18(8-12-22)26-17-20(28-29(26)21-9-13-23(33-2)14-10-21)16-25(27(30)31)19-5-4-6-24(15-19)34-3/h4-15,17,25H,16H2,1-3H3,(H,30,31). The summed E-state index contributed by atoms with van der Waals surface area (Å²) in [5.74, 6) is 0.428. The summed E-state index contributed by atoms with van der Waals surface area (Å²) in [7, 11) is 4.81. The monoisotopic (exact) mass is 458 g/mol. The first-order valence-electron chi connectivity index (χ1n) is 10.8. The highest BCUT2D eigenvalue weighted by atomic mass is 16.5. The maximum atomic E-state index is 12.2. The van der Waals surface area contributed by atoms with E-state index in [-0.39, 0.29) is 6.42 Å². The predicted octanol–water partition coefficient (Wildman–Crippen LogP) is 4.98. The summed E-state index contributed by atoms with van der Waals surface area (Å²) >= 11 is 0. The van der Waals surface area contributed by atoms with E-state index in [0.717, 1.165) is 28.4 Å². The number of hydrogen-bond donors (Lipinski definition) is 1. The molecule has 0 radical (unpaired) electrons. The number of carbonyl (C=O) groups is 1. The molecule has 0 saturated carbocycles. The second-order valence-electron chi connectivity index (χ2n) is 7.73. The van der Waals surface area contributed by atoms with E-state index >= 15 is 0 Å². The maximum absolute atomic E-state index is 12.2. The number of rotatable bonds is 9. The molecule has 4 rings (SSSR count). The van der Waals surface area contributed by atoms with Crippen molar-refractivity contribution in [1.82, 2.24) is 9.78 Å². The number of aromatic nitrogens is 2. The molecule has 4 aromatic rings. The number of aliphatic carboxylic acids is 1. The summed E-state index contributed by atoms with van der Waals surface area (Å²) in [6.45, 7) is 0. The first-order valence-corrected chi connectivity index (χ1v) is 10.8. The fourth-order valence-corrected chi connectivity index (χ4v) is 3.83. The van der Waals surface area contributed by atoms with Crippen molar-refractivity contribution in [3.63, 3.8) is 0 Å². The van der Waals surface area contributed by atoms with Crippen LogP contribution in [0.3, 0.4) is 0 Å². The maximum Gasteiger partial charge on any atom is 0.311 e. The number of methoxy groups -OCH3 is 3. The van der Waals surface area contributed by atoms with Gasteiger partial charge < -0.3 is 19.3 Å². The van der Waals surface area contributed by atoms with Crippen molar-refractivity contribution in [2.24, 2.45) is 0 Å². The van der Waals surface area contributed by atoms with Gasteiger partial charge in [0.15, 0.2) is 0 Å². The number of ether oxygens (including phenoxy) is 3. The van der Waals surface area contributed by atoms with Crippen LogP contribution in [-0.2, 0) is 11.2 Å². The average molecular weight is 459 g/mol. The number of nitrogens with zero attached hydrogens (tertiary/aromatic N) is 2. The van der Waals surface area contributed by atoms with E-state index in [2.05, 4.69) is 0 Å². The van der Waals surface area contributed by atoms with E-state index in [1.54, 1.807) is 45.6 Å². The summed E-state index contributed by atoms with van der Waals surface area (Å²) in [6.07, 6.45) is 0.231. The molecule has 34 heavy (non-hydrogen) atoms. The fraction of sp³-hybridized carbons (Fsp3) is 0.185. The van der Waals surface area contributed by atoms with Crippen LogP contribution in [0.5, 0.6) is 17.2 Å². The molecular weight excluding hydrogens is 432 g/mol. The van der Waals surface area contributed by atoms with Crippen LogP contribution in [0.25, 0.3) is 16.9 Å². The zero-order chi connectivity index (χ0) is 24.1. The Labute approximate surface area is 198 Å². The van der Waals surface area contributed by atoms with Crippen LogP contribution in [0.2, 0.25) is 0 Å². The van der Waals surface area contributed by atoms with Gasteiger partial charge in [-0.25, -0.2) is 4.68 Å². The third kappa shape index (κ3) is 4.88. The minimum absolute atomic E-state index is 0.231. The highest BCUT2D eigenvalue weighted by Crippen LogP contribution is 2.30. The summed E-state index contributed by atoms with van der Waals surface area (Å²) < 4.78 is 17.7. The molecular formula is C27H26N2O5. The zero-order valence-corrected chi connectivity index (χ0v) is 19.3. The molecule has 0 bridgehead atoms. The fourth-order valence-electron chi connectivity index (χ4n) is 3.83. The molecule has 3 aromatic carbocycles. The highest BCUT2D eigenvalue weighted by Gasteiger charge is 2.23. The van der Waals surface area contributed by atoms with Gasteiger partial charge in [-0.05, 0) is 72.3 Å². The van der Waals surface area contributed by atoms with Crippen molar-refractivity contribution in [2.45, 2.75) is 12.3 Å². The van der Waals surface area contributed by atoms with Gasteiger partial charge in [0.2, 0.25) is 0 Å². The summed E-state index contributed by atoms with van der Waals surface area (Å²) in [4.78, 5) is 12.2. The largest absolute Gasteiger partial charge is 0.497 e. The van der Waals surface area contributed by atoms with Crippen LogP contribution in [0.4, 0.5) is 0 Å². The minimum atomic E-state index is -0.918. The normalized spacial score (nSPS) is 11.6. The van der Waals surface area contributed by atoms with Crippen molar-refractivity contribution in [3.05, 3.63) is 90.1 Å². The lowest BCUT2D eigenvalue weighted by molar-refractivity contribution is -0.138. The van der Waals surface area contributed by atoms with Crippen LogP contribution >= 0.6 is 0 Å². The number of carboxylic acids is 1. The molecule has 1 aromatic heterocycles. The number of carboxylic acid groups (broad SMARTS) is 1. The average Bonchev–Trinajstić information content (AvgIpc) is 3.31. The van der Waals surface area contributed by atoms with Gasteiger partial charge in [0.25, 0.3) is 0 Å². The molecule has 7 heteroatoms. The van der Waals surface area contributed by atoms with E-state index in [9.17, 15) is 9.90 Å². The van der Waals surface area contributed by atoms with E-state index in [4.69, 9.17) is 19.3 Å². The number of hydrogen-bond acceptors (Lipinski definition) is 5. The van der Waals surface area contributed by atoms with Gasteiger partial charge in [-0.3, -0.25) is 4.79 Å². The van der Waals surface area contributed by atoms with E-state index in [0.29, 0.717) is 17.0 Å². The molecule has 1 atom stereocenters. The molecule has 0 aliphatic carbocycles. The minimum Gasteiger partial charge on any atom is -0.497 e. The molecule has 0 saturated heterocycles. The molecule has 174 valence electrons. The van der Waals surface area contributed by atoms with Crippen molar-refractivity contribution in [3.8, 4) is 34.2 Å². The Morgan fingerprint density at radius 2 is 1.47 bits per heavy atom. The Morgan fingerprint density at radius 3 is 2.06 bits per heavy atom. The zero-order valence-electron chi connectivity index (χ0n) is 19.3. The van der Waals surface area contributed by atoms with E-state index in [1.807, 2.05) is 59.3 Å². The van der Waals surface area contributed by atoms with Gasteiger partial charge in [0.1, 0.15) is 17.2 Å². The third-order valence-electron chi connectivity index (χ3n) is 5.67. The van der Waals surface area contributed by atoms with Crippen molar-refractivity contribution >= 4 is 5.97 Å². The molecule has 0 aliphatic rings. The molecule has 0 aliphatic heterocycles. The van der Waals surface area contributed by atoms with Gasteiger partial charge >= 0.3 is 5.97 Å². The van der Waals surface area contributed by atoms with Crippen LogP contribution in [0, 0.1) is 0 Å².